The molecule has 1 aromatic heterocycles. The van der Waals surface area contributed by atoms with Crippen LogP contribution < -0.4 is 9.64 Å². The predicted molar refractivity (Wildman–Crippen MR) is 123 cm³/mol. The second kappa shape index (κ2) is 9.03. The van der Waals surface area contributed by atoms with Crippen molar-refractivity contribution in [2.45, 2.75) is 25.3 Å². The maximum absolute atomic E-state index is 13.2. The van der Waals surface area contributed by atoms with E-state index in [0.29, 0.717) is 15.7 Å². The molecule has 0 bridgehead atoms. The van der Waals surface area contributed by atoms with Gasteiger partial charge in [-0.1, -0.05) is 35.3 Å². The number of ether oxygens (including phenoxy) is 1. The van der Waals surface area contributed by atoms with Crippen molar-refractivity contribution in [1.29, 1.82) is 0 Å². The summed E-state index contributed by atoms with van der Waals surface area (Å²) in [4.78, 5) is 27.0. The minimum atomic E-state index is -4.28. The maximum Gasteiger partial charge on any atom is 0.273 e. The van der Waals surface area contributed by atoms with Crippen molar-refractivity contribution in [2.75, 3.05) is 18.1 Å². The first-order chi connectivity index (χ1) is 16.2. The molecule has 2 aromatic carbocycles. The number of aromatic nitrogens is 1. The minimum absolute atomic E-state index is 0.0613. The van der Waals surface area contributed by atoms with Crippen LogP contribution in [0.25, 0.3) is 0 Å². The highest BCUT2D eigenvalue weighted by atomic mass is 32.2. The van der Waals surface area contributed by atoms with Crippen LogP contribution in [0.3, 0.4) is 0 Å². The van der Waals surface area contributed by atoms with Crippen molar-refractivity contribution in [3.8, 4) is 18.1 Å². The summed E-state index contributed by atoms with van der Waals surface area (Å²) in [6.07, 6.45) is 5.36. The molecule has 0 radical (unpaired) electrons. The number of nitrogens with zero attached hydrogens (tertiary/aromatic N) is 3. The zero-order valence-electron chi connectivity index (χ0n) is 18.5. The van der Waals surface area contributed by atoms with Crippen LogP contribution in [-0.4, -0.2) is 42.8 Å². The maximum atomic E-state index is 13.2. The van der Waals surface area contributed by atoms with E-state index in [-0.39, 0.29) is 41.0 Å². The van der Waals surface area contributed by atoms with Gasteiger partial charge in [-0.05, 0) is 43.7 Å². The van der Waals surface area contributed by atoms with Gasteiger partial charge in [-0.3, -0.25) is 9.59 Å². The molecule has 2 amide bonds. The van der Waals surface area contributed by atoms with Gasteiger partial charge in [0.15, 0.2) is 17.3 Å². The molecule has 9 nitrogen and oxygen atoms in total. The fourth-order valence-corrected chi connectivity index (χ4v) is 5.31. The summed E-state index contributed by atoms with van der Waals surface area (Å²) in [5, 5.41) is 3.66. The molecule has 2 heterocycles. The van der Waals surface area contributed by atoms with E-state index in [4.69, 9.17) is 15.7 Å². The molecule has 0 unspecified atom stereocenters. The van der Waals surface area contributed by atoms with E-state index >= 15 is 0 Å². The molecule has 0 saturated carbocycles. The molecular weight excluding hydrogens is 458 g/mol. The molecule has 0 saturated heterocycles. The summed E-state index contributed by atoms with van der Waals surface area (Å²) in [5.41, 5.74) is 1.67. The molecule has 4 rings (SSSR count). The van der Waals surface area contributed by atoms with E-state index < -0.39 is 22.5 Å². The predicted octanol–water partition coefficient (Wildman–Crippen LogP) is 2.68. The van der Waals surface area contributed by atoms with E-state index in [1.54, 1.807) is 29.2 Å². The zero-order valence-corrected chi connectivity index (χ0v) is 19.3. The molecule has 0 atom stereocenters. The van der Waals surface area contributed by atoms with Gasteiger partial charge in [0.25, 0.3) is 21.8 Å². The lowest BCUT2D eigenvalue weighted by Crippen LogP contribution is -2.38. The van der Waals surface area contributed by atoms with Crippen molar-refractivity contribution in [3.63, 3.8) is 0 Å². The number of benzene rings is 2. The standard InChI is InChI=1S/C24H21N3O6S/c1-4-13-27(34(30,31)23-16(2)25-33-17(23)3)24(29)19-11-9-18(10-12-19)14-26-20-7-5-6-8-21(20)32-15-22(26)28/h1,5-12H,13-15H2,2-3H3. The lowest BCUT2D eigenvalue weighted by Gasteiger charge is -2.29. The van der Waals surface area contributed by atoms with Crippen LogP contribution in [0.4, 0.5) is 5.69 Å². The number of amides is 2. The van der Waals surface area contributed by atoms with Gasteiger partial charge in [0, 0.05) is 5.56 Å². The van der Waals surface area contributed by atoms with Gasteiger partial charge in [-0.25, -0.2) is 12.7 Å². The summed E-state index contributed by atoms with van der Waals surface area (Å²) in [6.45, 7) is 2.67. The topological polar surface area (TPSA) is 110 Å². The van der Waals surface area contributed by atoms with Crippen LogP contribution >= 0.6 is 0 Å². The fourth-order valence-electron chi connectivity index (χ4n) is 3.71. The number of carbonyl (C=O) groups excluding carboxylic acids is 2. The molecule has 1 aliphatic heterocycles. The van der Waals surface area contributed by atoms with Gasteiger partial charge < -0.3 is 14.2 Å². The number of anilines is 1. The first-order valence-electron chi connectivity index (χ1n) is 10.3. The lowest BCUT2D eigenvalue weighted by atomic mass is 10.1. The number of para-hydroxylation sites is 2. The summed E-state index contributed by atoms with van der Waals surface area (Å²) in [7, 11) is -4.28. The molecule has 0 fully saturated rings. The van der Waals surface area contributed by atoms with Gasteiger partial charge >= 0.3 is 0 Å². The quantitative estimate of drug-likeness (QED) is 0.500. The summed E-state index contributed by atoms with van der Waals surface area (Å²) in [6, 6.07) is 13.5. The zero-order chi connectivity index (χ0) is 24.5. The summed E-state index contributed by atoms with van der Waals surface area (Å²) >= 11 is 0. The van der Waals surface area contributed by atoms with Crippen LogP contribution in [0.5, 0.6) is 5.75 Å². The third-order valence-corrected chi connectivity index (χ3v) is 7.30. The van der Waals surface area contributed by atoms with E-state index in [1.807, 2.05) is 12.1 Å². The highest BCUT2D eigenvalue weighted by Crippen LogP contribution is 2.32. The molecule has 0 N–H and O–H groups in total. The van der Waals surface area contributed by atoms with E-state index in [9.17, 15) is 18.0 Å². The van der Waals surface area contributed by atoms with Crippen molar-refractivity contribution in [1.82, 2.24) is 9.46 Å². The number of sulfonamides is 1. The Balaban J connectivity index is 1.59. The number of carbonyl (C=O) groups is 2. The van der Waals surface area contributed by atoms with Gasteiger partial charge in [-0.15, -0.1) is 6.42 Å². The van der Waals surface area contributed by atoms with Gasteiger partial charge in [0.2, 0.25) is 0 Å². The van der Waals surface area contributed by atoms with E-state index in [2.05, 4.69) is 11.1 Å². The third kappa shape index (κ3) is 4.13. The number of rotatable bonds is 6. The van der Waals surface area contributed by atoms with Crippen molar-refractivity contribution in [3.05, 3.63) is 71.1 Å². The number of hydrogen-bond acceptors (Lipinski definition) is 7. The molecule has 174 valence electrons. The molecule has 0 aliphatic carbocycles. The Kier molecular flexibility index (Phi) is 6.13. The van der Waals surface area contributed by atoms with Crippen LogP contribution in [0.2, 0.25) is 0 Å². The van der Waals surface area contributed by atoms with Crippen molar-refractivity contribution >= 4 is 27.5 Å². The van der Waals surface area contributed by atoms with Crippen LogP contribution in [0.1, 0.15) is 27.4 Å². The van der Waals surface area contributed by atoms with Crippen molar-refractivity contribution < 1.29 is 27.3 Å². The number of terminal acetylenes is 1. The average molecular weight is 480 g/mol. The van der Waals surface area contributed by atoms with Crippen LogP contribution in [0, 0.1) is 26.2 Å². The Labute approximate surface area is 197 Å². The Morgan fingerprint density at radius 1 is 1.18 bits per heavy atom. The first-order valence-corrected chi connectivity index (χ1v) is 11.7. The molecule has 10 heteroatoms. The summed E-state index contributed by atoms with van der Waals surface area (Å²) in [5.74, 6) is 1.94. The van der Waals surface area contributed by atoms with E-state index in [1.165, 1.54) is 26.0 Å². The molecule has 34 heavy (non-hydrogen) atoms. The Morgan fingerprint density at radius 2 is 1.88 bits per heavy atom. The Hall–Kier alpha value is -4.10. The first kappa shape index (κ1) is 23.1. The van der Waals surface area contributed by atoms with Crippen molar-refractivity contribution in [2.24, 2.45) is 0 Å². The molecule has 3 aromatic rings. The SMILES string of the molecule is C#CCN(C(=O)c1ccc(CN2C(=O)COc3ccccc32)cc1)S(=O)(=O)c1c(C)noc1C. The monoisotopic (exact) mass is 479 g/mol. The molecule has 1 aliphatic rings. The van der Waals surface area contributed by atoms with Gasteiger partial charge in [0.1, 0.15) is 11.4 Å². The highest BCUT2D eigenvalue weighted by Gasteiger charge is 2.34. The molecule has 0 spiro atoms. The van der Waals surface area contributed by atoms with Crippen LogP contribution in [0.15, 0.2) is 57.9 Å². The average Bonchev–Trinajstić information content (AvgIpc) is 3.18. The second-order valence-corrected chi connectivity index (χ2v) is 9.41. The smallest absolute Gasteiger partial charge is 0.273 e. The highest BCUT2D eigenvalue weighted by molar-refractivity contribution is 7.89. The lowest BCUT2D eigenvalue weighted by molar-refractivity contribution is -0.121. The number of hydrogen-bond donors (Lipinski definition) is 0. The fraction of sp³-hybridized carbons (Fsp3) is 0.208. The largest absolute Gasteiger partial charge is 0.482 e. The minimum Gasteiger partial charge on any atom is -0.482 e. The second-order valence-electron chi connectivity index (χ2n) is 7.61. The van der Waals surface area contributed by atoms with E-state index in [0.717, 1.165) is 5.56 Å². The molecular formula is C24H21N3O6S. The van der Waals surface area contributed by atoms with Gasteiger partial charge in [0.05, 0.1) is 18.8 Å². The van der Waals surface area contributed by atoms with Gasteiger partial charge in [-0.2, -0.15) is 0 Å². The third-order valence-electron chi connectivity index (χ3n) is 5.33. The number of aryl methyl sites for hydroxylation is 2. The Morgan fingerprint density at radius 3 is 2.53 bits per heavy atom. The summed E-state index contributed by atoms with van der Waals surface area (Å²) < 4.78 is 37.4. The van der Waals surface area contributed by atoms with Crippen LogP contribution in [-0.2, 0) is 21.4 Å². The Bertz CT molecular complexity index is 1380. The number of fused-ring (bicyclic) bond motifs is 1. The normalized spacial score (nSPS) is 13.1.